The van der Waals surface area contributed by atoms with Gasteiger partial charge in [0.1, 0.15) is 5.82 Å². The molecular formula is C16H24ClFN2O. The third kappa shape index (κ3) is 4.17. The van der Waals surface area contributed by atoms with Gasteiger partial charge in [-0.2, -0.15) is 0 Å². The fourth-order valence-electron chi connectivity index (χ4n) is 2.93. The minimum Gasteiger partial charge on any atom is -0.338 e. The Labute approximate surface area is 132 Å². The molecule has 0 saturated carbocycles. The molecule has 5 heteroatoms. The number of amides is 1. The van der Waals surface area contributed by atoms with Gasteiger partial charge in [-0.15, -0.1) is 12.4 Å². The normalized spacial score (nSPS) is 23.3. The number of carbonyl (C=O) groups excluding carboxylic acids is 1. The van der Waals surface area contributed by atoms with Gasteiger partial charge in [0.2, 0.25) is 5.91 Å². The molecule has 2 rings (SSSR count). The highest BCUT2D eigenvalue weighted by Gasteiger charge is 2.31. The molecule has 3 nitrogen and oxygen atoms in total. The van der Waals surface area contributed by atoms with Crippen LogP contribution in [0, 0.1) is 11.7 Å². The first-order chi connectivity index (χ1) is 9.52. The number of halogens is 2. The van der Waals surface area contributed by atoms with E-state index in [0.717, 1.165) is 24.9 Å². The van der Waals surface area contributed by atoms with Crippen molar-refractivity contribution in [1.82, 2.24) is 4.90 Å². The maximum Gasteiger partial charge on any atom is 0.230 e. The zero-order valence-electron chi connectivity index (χ0n) is 12.6. The van der Waals surface area contributed by atoms with E-state index >= 15 is 0 Å². The summed E-state index contributed by atoms with van der Waals surface area (Å²) in [6.07, 6.45) is 1.97. The summed E-state index contributed by atoms with van der Waals surface area (Å²) in [5, 5.41) is 0. The quantitative estimate of drug-likeness (QED) is 0.932. The SMILES string of the molecule is CC1CCN(C(=O)C(C)c2cccc(F)c2)C(CN)C1.Cl. The molecule has 3 atom stereocenters. The number of benzene rings is 1. The molecule has 0 aromatic heterocycles. The topological polar surface area (TPSA) is 46.3 Å². The molecule has 1 fully saturated rings. The molecule has 2 N–H and O–H groups in total. The summed E-state index contributed by atoms with van der Waals surface area (Å²) >= 11 is 0. The number of nitrogens with two attached hydrogens (primary N) is 1. The summed E-state index contributed by atoms with van der Waals surface area (Å²) < 4.78 is 13.3. The van der Waals surface area contributed by atoms with E-state index in [-0.39, 0.29) is 36.1 Å². The van der Waals surface area contributed by atoms with Gasteiger partial charge in [0, 0.05) is 19.1 Å². The highest BCUT2D eigenvalue weighted by molar-refractivity contribution is 5.85. The average Bonchev–Trinajstić information content (AvgIpc) is 2.45. The minimum absolute atomic E-state index is 0. The molecule has 0 spiro atoms. The number of hydrogen-bond acceptors (Lipinski definition) is 2. The number of rotatable bonds is 3. The molecule has 1 amide bonds. The van der Waals surface area contributed by atoms with Gasteiger partial charge in [-0.05, 0) is 43.4 Å². The van der Waals surface area contributed by atoms with Crippen LogP contribution in [0.4, 0.5) is 4.39 Å². The van der Waals surface area contributed by atoms with Crippen LogP contribution in [0.25, 0.3) is 0 Å². The molecule has 21 heavy (non-hydrogen) atoms. The van der Waals surface area contributed by atoms with E-state index < -0.39 is 0 Å². The number of hydrogen-bond donors (Lipinski definition) is 1. The van der Waals surface area contributed by atoms with Gasteiger partial charge in [0.25, 0.3) is 0 Å². The molecule has 1 aromatic rings. The summed E-state index contributed by atoms with van der Waals surface area (Å²) in [4.78, 5) is 14.5. The first-order valence-corrected chi connectivity index (χ1v) is 7.29. The van der Waals surface area contributed by atoms with E-state index in [4.69, 9.17) is 5.73 Å². The van der Waals surface area contributed by atoms with Crippen molar-refractivity contribution >= 4 is 18.3 Å². The highest BCUT2D eigenvalue weighted by atomic mass is 35.5. The van der Waals surface area contributed by atoms with Crippen LogP contribution < -0.4 is 5.73 Å². The van der Waals surface area contributed by atoms with E-state index in [1.165, 1.54) is 12.1 Å². The Bertz CT molecular complexity index is 483. The van der Waals surface area contributed by atoms with Crippen molar-refractivity contribution in [3.63, 3.8) is 0 Å². The third-order valence-corrected chi connectivity index (χ3v) is 4.25. The Morgan fingerprint density at radius 1 is 1.52 bits per heavy atom. The molecular weight excluding hydrogens is 291 g/mol. The van der Waals surface area contributed by atoms with Crippen LogP contribution in [0.3, 0.4) is 0 Å². The van der Waals surface area contributed by atoms with Crippen LogP contribution in [0.5, 0.6) is 0 Å². The van der Waals surface area contributed by atoms with Crippen LogP contribution >= 0.6 is 12.4 Å². The average molecular weight is 315 g/mol. The minimum atomic E-state index is -0.326. The maximum atomic E-state index is 13.3. The number of likely N-dealkylation sites (tertiary alicyclic amines) is 1. The van der Waals surface area contributed by atoms with Gasteiger partial charge in [0.15, 0.2) is 0 Å². The molecule has 1 aromatic carbocycles. The lowest BCUT2D eigenvalue weighted by Crippen LogP contribution is -2.50. The van der Waals surface area contributed by atoms with Gasteiger partial charge >= 0.3 is 0 Å². The number of nitrogens with zero attached hydrogens (tertiary/aromatic N) is 1. The van der Waals surface area contributed by atoms with E-state index in [1.54, 1.807) is 12.1 Å². The summed E-state index contributed by atoms with van der Waals surface area (Å²) in [6, 6.07) is 6.39. The fourth-order valence-corrected chi connectivity index (χ4v) is 2.93. The largest absolute Gasteiger partial charge is 0.338 e. The summed E-state index contributed by atoms with van der Waals surface area (Å²) in [5.74, 6) is 0.0352. The van der Waals surface area contributed by atoms with Gasteiger partial charge in [0.05, 0.1) is 5.92 Å². The van der Waals surface area contributed by atoms with Crippen molar-refractivity contribution in [3.05, 3.63) is 35.6 Å². The standard InChI is InChI=1S/C16H23FN2O.ClH/c1-11-6-7-19(15(8-11)10-18)16(20)12(2)13-4-3-5-14(17)9-13;/h3-5,9,11-12,15H,6-8,10,18H2,1-2H3;1H. The second-order valence-electron chi connectivity index (χ2n) is 5.83. The van der Waals surface area contributed by atoms with Crippen LogP contribution in [0.1, 0.15) is 38.2 Å². The molecule has 3 unspecified atom stereocenters. The molecule has 1 aliphatic heterocycles. The number of piperidine rings is 1. The van der Waals surface area contributed by atoms with Gasteiger partial charge in [-0.25, -0.2) is 4.39 Å². The van der Waals surface area contributed by atoms with Crippen LogP contribution in [-0.4, -0.2) is 29.9 Å². The fraction of sp³-hybridized carbons (Fsp3) is 0.562. The molecule has 0 bridgehead atoms. The van der Waals surface area contributed by atoms with Crippen molar-refractivity contribution in [3.8, 4) is 0 Å². The van der Waals surface area contributed by atoms with Crippen molar-refractivity contribution in [1.29, 1.82) is 0 Å². The maximum absolute atomic E-state index is 13.3. The smallest absolute Gasteiger partial charge is 0.230 e. The zero-order chi connectivity index (χ0) is 14.7. The van der Waals surface area contributed by atoms with Crippen molar-refractivity contribution in [2.45, 2.75) is 38.6 Å². The molecule has 1 heterocycles. The molecule has 118 valence electrons. The monoisotopic (exact) mass is 314 g/mol. The van der Waals surface area contributed by atoms with E-state index in [0.29, 0.717) is 12.5 Å². The van der Waals surface area contributed by atoms with Gasteiger partial charge in [-0.3, -0.25) is 4.79 Å². The second-order valence-corrected chi connectivity index (χ2v) is 5.83. The van der Waals surface area contributed by atoms with Crippen molar-refractivity contribution < 1.29 is 9.18 Å². The summed E-state index contributed by atoms with van der Waals surface area (Å²) in [7, 11) is 0. The lowest BCUT2D eigenvalue weighted by Gasteiger charge is -2.39. The Morgan fingerprint density at radius 3 is 2.86 bits per heavy atom. The highest BCUT2D eigenvalue weighted by Crippen LogP contribution is 2.26. The predicted molar refractivity (Wildman–Crippen MR) is 85.0 cm³/mol. The lowest BCUT2D eigenvalue weighted by molar-refractivity contribution is -0.136. The third-order valence-electron chi connectivity index (χ3n) is 4.25. The predicted octanol–water partition coefficient (Wildman–Crippen LogP) is 2.94. The summed E-state index contributed by atoms with van der Waals surface area (Å²) in [6.45, 7) is 5.27. The Balaban J connectivity index is 0.00000220. The van der Waals surface area contributed by atoms with Crippen LogP contribution in [0.15, 0.2) is 24.3 Å². The Hall–Kier alpha value is -1.13. The van der Waals surface area contributed by atoms with Crippen molar-refractivity contribution in [2.75, 3.05) is 13.1 Å². The number of carbonyl (C=O) groups is 1. The molecule has 1 aliphatic rings. The van der Waals surface area contributed by atoms with Crippen LogP contribution in [0.2, 0.25) is 0 Å². The van der Waals surface area contributed by atoms with Crippen molar-refractivity contribution in [2.24, 2.45) is 11.7 Å². The molecule has 0 radical (unpaired) electrons. The molecule has 0 aliphatic carbocycles. The van der Waals surface area contributed by atoms with Gasteiger partial charge in [-0.1, -0.05) is 19.1 Å². The Kier molecular flexibility index (Phi) is 6.62. The van der Waals surface area contributed by atoms with E-state index in [9.17, 15) is 9.18 Å². The van der Waals surface area contributed by atoms with E-state index in [2.05, 4.69) is 6.92 Å². The summed E-state index contributed by atoms with van der Waals surface area (Å²) in [5.41, 5.74) is 6.53. The second kappa shape index (κ2) is 7.76. The van der Waals surface area contributed by atoms with Gasteiger partial charge < -0.3 is 10.6 Å². The molecule has 1 saturated heterocycles. The first-order valence-electron chi connectivity index (χ1n) is 7.29. The zero-order valence-corrected chi connectivity index (χ0v) is 13.4. The van der Waals surface area contributed by atoms with E-state index in [1.807, 2.05) is 11.8 Å². The first kappa shape index (κ1) is 17.9. The lowest BCUT2D eigenvalue weighted by atomic mass is 9.90. The Morgan fingerprint density at radius 2 is 2.24 bits per heavy atom. The van der Waals surface area contributed by atoms with Crippen LogP contribution in [-0.2, 0) is 4.79 Å².